The summed E-state index contributed by atoms with van der Waals surface area (Å²) in [6, 6.07) is 0. The van der Waals surface area contributed by atoms with Gasteiger partial charge in [-0.05, 0) is 27.3 Å². The van der Waals surface area contributed by atoms with Gasteiger partial charge in [-0.15, -0.1) is 0 Å². The summed E-state index contributed by atoms with van der Waals surface area (Å²) in [6.07, 6.45) is 7.68. The van der Waals surface area contributed by atoms with E-state index in [1.807, 2.05) is 19.6 Å². The Morgan fingerprint density at radius 1 is 1.40 bits per heavy atom. The highest BCUT2D eigenvalue weighted by Crippen LogP contribution is 2.19. The fourth-order valence-electron chi connectivity index (χ4n) is 1.68. The van der Waals surface area contributed by atoms with E-state index in [2.05, 4.69) is 35.6 Å². The molecule has 15 heavy (non-hydrogen) atoms. The van der Waals surface area contributed by atoms with Crippen molar-refractivity contribution in [3.63, 3.8) is 0 Å². The minimum Gasteiger partial charge on any atom is -0.333 e. The minimum absolute atomic E-state index is 0.00269. The van der Waals surface area contributed by atoms with E-state index >= 15 is 0 Å². The summed E-state index contributed by atoms with van der Waals surface area (Å²) in [7, 11) is 1.99. The quantitative estimate of drug-likeness (QED) is 0.730. The number of rotatable bonds is 6. The van der Waals surface area contributed by atoms with Crippen molar-refractivity contribution >= 4 is 0 Å². The molecule has 1 aromatic heterocycles. The molecule has 3 nitrogen and oxygen atoms in total. The highest BCUT2D eigenvalue weighted by Gasteiger charge is 2.21. The van der Waals surface area contributed by atoms with Gasteiger partial charge in [-0.2, -0.15) is 0 Å². The number of imidazole rings is 1. The van der Waals surface area contributed by atoms with E-state index in [9.17, 15) is 0 Å². The molecule has 0 radical (unpaired) electrons. The van der Waals surface area contributed by atoms with Crippen LogP contribution in [-0.2, 0) is 12.1 Å². The van der Waals surface area contributed by atoms with Crippen molar-refractivity contribution < 1.29 is 0 Å². The molecule has 0 aliphatic rings. The summed E-state index contributed by atoms with van der Waals surface area (Å²) in [6.45, 7) is 7.67. The molecule has 0 bridgehead atoms. The average Bonchev–Trinajstić information content (AvgIpc) is 2.67. The van der Waals surface area contributed by atoms with Gasteiger partial charge in [0.25, 0.3) is 0 Å². The number of aromatic nitrogens is 2. The molecule has 0 unspecified atom stereocenters. The topological polar surface area (TPSA) is 29.9 Å². The molecular formula is C12H23N3. The molecule has 0 saturated heterocycles. The molecule has 1 heterocycles. The number of aryl methyl sites for hydroxylation is 1. The number of hydrogen-bond acceptors (Lipinski definition) is 2. The molecule has 3 heteroatoms. The highest BCUT2D eigenvalue weighted by atomic mass is 15.1. The lowest BCUT2D eigenvalue weighted by Gasteiger charge is -2.25. The Morgan fingerprint density at radius 2 is 2.13 bits per heavy atom. The molecule has 0 aromatic carbocycles. The van der Waals surface area contributed by atoms with Gasteiger partial charge in [0.2, 0.25) is 0 Å². The van der Waals surface area contributed by atoms with Gasteiger partial charge in [0.15, 0.2) is 0 Å². The Kier molecular flexibility index (Phi) is 4.33. The number of nitrogens with zero attached hydrogens (tertiary/aromatic N) is 2. The van der Waals surface area contributed by atoms with Gasteiger partial charge in [0.1, 0.15) is 0 Å². The maximum Gasteiger partial charge on any atom is 0.0948 e. The van der Waals surface area contributed by atoms with Crippen molar-refractivity contribution in [3.8, 4) is 0 Å². The largest absolute Gasteiger partial charge is 0.333 e. The van der Waals surface area contributed by atoms with Crippen LogP contribution in [-0.4, -0.2) is 16.6 Å². The van der Waals surface area contributed by atoms with Crippen LogP contribution >= 0.6 is 0 Å². The lowest BCUT2D eigenvalue weighted by molar-refractivity contribution is 0.404. The van der Waals surface area contributed by atoms with Gasteiger partial charge in [-0.3, -0.25) is 0 Å². The molecule has 0 atom stereocenters. The van der Waals surface area contributed by atoms with Gasteiger partial charge in [0, 0.05) is 12.7 Å². The summed E-state index contributed by atoms with van der Waals surface area (Å²) in [5.41, 5.74) is 1.27. The van der Waals surface area contributed by atoms with Gasteiger partial charge < -0.3 is 9.88 Å². The van der Waals surface area contributed by atoms with Crippen LogP contribution in [0.15, 0.2) is 12.5 Å². The first-order valence-electron chi connectivity index (χ1n) is 5.81. The van der Waals surface area contributed by atoms with Crippen LogP contribution in [0.5, 0.6) is 0 Å². The predicted octanol–water partition coefficient (Wildman–Crippen LogP) is 2.53. The summed E-state index contributed by atoms with van der Waals surface area (Å²) < 4.78 is 2.26. The molecule has 0 aliphatic carbocycles. The van der Waals surface area contributed by atoms with Gasteiger partial charge in [0.05, 0.1) is 17.6 Å². The molecule has 0 fully saturated rings. The second kappa shape index (κ2) is 5.31. The van der Waals surface area contributed by atoms with Crippen LogP contribution in [0.4, 0.5) is 0 Å². The maximum absolute atomic E-state index is 4.24. The Bertz CT molecular complexity index is 289. The Hall–Kier alpha value is -0.830. The van der Waals surface area contributed by atoms with E-state index in [4.69, 9.17) is 0 Å². The summed E-state index contributed by atoms with van der Waals surface area (Å²) in [5, 5.41) is 3.31. The van der Waals surface area contributed by atoms with Crippen LogP contribution in [0, 0.1) is 0 Å². The Morgan fingerprint density at radius 3 is 2.73 bits per heavy atom. The number of hydrogen-bond donors (Lipinski definition) is 1. The zero-order valence-corrected chi connectivity index (χ0v) is 10.4. The Balaban J connectivity index is 2.69. The fraction of sp³-hybridized carbons (Fsp3) is 0.750. The lowest BCUT2D eigenvalue weighted by atomic mass is 10.0. The molecule has 1 rings (SSSR count). The van der Waals surface area contributed by atoms with Crippen LogP contribution < -0.4 is 5.32 Å². The van der Waals surface area contributed by atoms with Crippen molar-refractivity contribution in [1.82, 2.24) is 14.9 Å². The van der Waals surface area contributed by atoms with Crippen molar-refractivity contribution in [1.29, 1.82) is 0 Å². The molecule has 0 spiro atoms. The molecule has 1 aromatic rings. The Labute approximate surface area is 92.9 Å². The third-order valence-corrected chi connectivity index (χ3v) is 2.98. The van der Waals surface area contributed by atoms with E-state index in [1.165, 1.54) is 25.0 Å². The molecule has 0 aliphatic heterocycles. The van der Waals surface area contributed by atoms with E-state index in [0.29, 0.717) is 0 Å². The van der Waals surface area contributed by atoms with Crippen molar-refractivity contribution in [2.45, 2.75) is 52.1 Å². The molecule has 0 amide bonds. The van der Waals surface area contributed by atoms with E-state index in [1.54, 1.807) is 0 Å². The van der Waals surface area contributed by atoms with E-state index in [-0.39, 0.29) is 5.54 Å². The van der Waals surface area contributed by atoms with Crippen LogP contribution in [0.3, 0.4) is 0 Å². The number of nitrogens with one attached hydrogen (secondary N) is 1. The monoisotopic (exact) mass is 209 g/mol. The standard InChI is InChI=1S/C12H23N3/c1-5-6-7-8-15-10-14-9-11(15)12(2,3)13-4/h9-10,13H,5-8H2,1-4H3. The highest BCUT2D eigenvalue weighted by molar-refractivity contribution is 5.10. The van der Waals surface area contributed by atoms with Crippen LogP contribution in [0.2, 0.25) is 0 Å². The van der Waals surface area contributed by atoms with Crippen molar-refractivity contribution in [2.24, 2.45) is 0 Å². The molecule has 0 saturated carbocycles. The second-order valence-corrected chi connectivity index (χ2v) is 4.55. The van der Waals surface area contributed by atoms with Crippen LogP contribution in [0.25, 0.3) is 0 Å². The van der Waals surface area contributed by atoms with Crippen LogP contribution in [0.1, 0.15) is 45.7 Å². The first kappa shape index (κ1) is 12.2. The zero-order valence-electron chi connectivity index (χ0n) is 10.4. The fourth-order valence-corrected chi connectivity index (χ4v) is 1.68. The molecule has 86 valence electrons. The summed E-state index contributed by atoms with van der Waals surface area (Å²) >= 11 is 0. The summed E-state index contributed by atoms with van der Waals surface area (Å²) in [4.78, 5) is 4.24. The second-order valence-electron chi connectivity index (χ2n) is 4.55. The summed E-state index contributed by atoms with van der Waals surface area (Å²) in [5.74, 6) is 0. The maximum atomic E-state index is 4.24. The smallest absolute Gasteiger partial charge is 0.0948 e. The SMILES string of the molecule is CCCCCn1cncc1C(C)(C)NC. The molecular weight excluding hydrogens is 186 g/mol. The van der Waals surface area contributed by atoms with Crippen molar-refractivity contribution in [3.05, 3.63) is 18.2 Å². The van der Waals surface area contributed by atoms with Gasteiger partial charge in [-0.1, -0.05) is 19.8 Å². The zero-order chi connectivity index (χ0) is 11.3. The molecule has 1 N–H and O–H groups in total. The predicted molar refractivity (Wildman–Crippen MR) is 63.8 cm³/mol. The third kappa shape index (κ3) is 3.06. The normalized spacial score (nSPS) is 12.0. The van der Waals surface area contributed by atoms with E-state index in [0.717, 1.165) is 6.54 Å². The van der Waals surface area contributed by atoms with Gasteiger partial charge >= 0.3 is 0 Å². The van der Waals surface area contributed by atoms with Crippen molar-refractivity contribution in [2.75, 3.05) is 7.05 Å². The van der Waals surface area contributed by atoms with Gasteiger partial charge in [-0.25, -0.2) is 4.98 Å². The minimum atomic E-state index is 0.00269. The average molecular weight is 209 g/mol. The third-order valence-electron chi connectivity index (χ3n) is 2.98. The first-order valence-corrected chi connectivity index (χ1v) is 5.81. The first-order chi connectivity index (χ1) is 7.11. The number of unbranched alkanes of at least 4 members (excludes halogenated alkanes) is 2. The van der Waals surface area contributed by atoms with E-state index < -0.39 is 0 Å². The lowest BCUT2D eigenvalue weighted by Crippen LogP contribution is -2.35.